The number of fused-ring (bicyclic) bond motifs is 11. The number of rotatable bonds is 3. The molecule has 8 aromatic rings. The fourth-order valence-corrected chi connectivity index (χ4v) is 11.7. The first kappa shape index (κ1) is 32.2. The maximum absolute atomic E-state index is 2.51. The average Bonchev–Trinajstić information content (AvgIpc) is 3.72. The van der Waals surface area contributed by atoms with Crippen molar-refractivity contribution in [1.29, 1.82) is 0 Å². The Balaban J connectivity index is 1.04. The first-order valence-electron chi connectivity index (χ1n) is 20.2. The zero-order valence-corrected chi connectivity index (χ0v) is 32.5. The second-order valence-electron chi connectivity index (χ2n) is 16.6. The average molecular weight is 733 g/mol. The minimum absolute atomic E-state index is 0.0757. The highest BCUT2D eigenvalue weighted by Gasteiger charge is 2.37. The van der Waals surface area contributed by atoms with Crippen molar-refractivity contribution >= 4 is 70.8 Å². The number of hydrogen-bond donors (Lipinski definition) is 0. The van der Waals surface area contributed by atoms with Gasteiger partial charge in [0, 0.05) is 37.4 Å². The molecule has 4 aliphatic rings. The van der Waals surface area contributed by atoms with E-state index in [1.54, 1.807) is 0 Å². The quantitative estimate of drug-likeness (QED) is 0.170. The molecule has 0 aliphatic heterocycles. The molecule has 266 valence electrons. The summed E-state index contributed by atoms with van der Waals surface area (Å²) in [5, 5.41) is 10.8. The van der Waals surface area contributed by atoms with E-state index in [-0.39, 0.29) is 5.41 Å². The molecule has 2 atom stereocenters. The second-order valence-corrected chi connectivity index (χ2v) is 17.7. The van der Waals surface area contributed by atoms with E-state index in [2.05, 4.69) is 184 Å². The summed E-state index contributed by atoms with van der Waals surface area (Å²) in [6.45, 7) is 4.79. The van der Waals surface area contributed by atoms with E-state index in [9.17, 15) is 0 Å². The van der Waals surface area contributed by atoms with Crippen molar-refractivity contribution < 1.29 is 0 Å². The van der Waals surface area contributed by atoms with Gasteiger partial charge in [-0.3, -0.25) is 0 Å². The van der Waals surface area contributed by atoms with Crippen molar-refractivity contribution in [2.24, 2.45) is 11.8 Å². The zero-order valence-electron chi connectivity index (χ0n) is 31.6. The van der Waals surface area contributed by atoms with Gasteiger partial charge in [-0.05, 0) is 131 Å². The van der Waals surface area contributed by atoms with Crippen LogP contribution in [-0.4, -0.2) is 0 Å². The van der Waals surface area contributed by atoms with Gasteiger partial charge in [-0.25, -0.2) is 0 Å². The minimum atomic E-state index is -0.0757. The molecular weight excluding hydrogens is 693 g/mol. The molecule has 0 amide bonds. The Bertz CT molecular complexity index is 3280. The number of hydrogen-bond acceptors (Lipinski definition) is 1. The smallest absolute Gasteiger partial charge is 0.0362 e. The van der Waals surface area contributed by atoms with Gasteiger partial charge in [-0.15, -0.1) is 11.3 Å². The van der Waals surface area contributed by atoms with Gasteiger partial charge in [0.2, 0.25) is 0 Å². The first-order chi connectivity index (χ1) is 27.5. The van der Waals surface area contributed by atoms with Gasteiger partial charge >= 0.3 is 0 Å². The summed E-state index contributed by atoms with van der Waals surface area (Å²) in [7, 11) is 0. The van der Waals surface area contributed by atoms with Gasteiger partial charge in [0.25, 0.3) is 0 Å². The third-order valence-corrected chi connectivity index (χ3v) is 14.4. The predicted octanol–water partition coefficient (Wildman–Crippen LogP) is 13.7. The Morgan fingerprint density at radius 3 is 2.11 bits per heavy atom. The molecule has 0 spiro atoms. The molecule has 0 nitrogen and oxygen atoms in total. The van der Waals surface area contributed by atoms with Crippen molar-refractivity contribution in [3.63, 3.8) is 0 Å². The van der Waals surface area contributed by atoms with E-state index in [1.165, 1.54) is 108 Å². The number of allylic oxidation sites excluding steroid dienone is 8. The maximum Gasteiger partial charge on any atom is 0.0362 e. The lowest BCUT2D eigenvalue weighted by molar-refractivity contribution is 0.661. The Hall–Kier alpha value is -6.02. The molecule has 0 saturated carbocycles. The van der Waals surface area contributed by atoms with E-state index >= 15 is 0 Å². The van der Waals surface area contributed by atoms with Crippen LogP contribution < -0.4 is 10.4 Å². The summed E-state index contributed by atoms with van der Waals surface area (Å²) >= 11 is 1.91. The molecular formula is C55H40S. The summed E-state index contributed by atoms with van der Waals surface area (Å²) in [5.41, 5.74) is 13.5. The van der Waals surface area contributed by atoms with Crippen LogP contribution >= 0.6 is 11.3 Å². The standard InChI is InChI=1S/C55H40S/c1-55(2)48-27-25-35(30-47(48)54-45-32-51-46(31-36(45)26-28-49(54)55)39-18-9-10-24-50(39)56-51)34-15-11-16-37(29-34)52-41-19-5-7-21-43(41)53(44-22-8-6-20-42(44)52)40-23-12-14-33-13-3-4-17-38(33)40/h3-5,7,9-33,38H,6,8H2,1-2H3. The van der Waals surface area contributed by atoms with Crippen molar-refractivity contribution in [2.75, 3.05) is 0 Å². The van der Waals surface area contributed by atoms with Crippen LogP contribution in [-0.2, 0) is 5.41 Å². The molecule has 0 fully saturated rings. The Morgan fingerprint density at radius 1 is 0.518 bits per heavy atom. The molecule has 1 heteroatoms. The lowest BCUT2D eigenvalue weighted by atomic mass is 9.74. The maximum atomic E-state index is 2.51. The first-order valence-corrected chi connectivity index (χ1v) is 21.0. The van der Waals surface area contributed by atoms with Crippen LogP contribution in [0.25, 0.3) is 92.8 Å². The Labute approximate surface area is 331 Å². The lowest BCUT2D eigenvalue weighted by Gasteiger charge is -2.29. The van der Waals surface area contributed by atoms with Crippen LogP contribution in [0.4, 0.5) is 0 Å². The van der Waals surface area contributed by atoms with E-state index in [4.69, 9.17) is 0 Å². The van der Waals surface area contributed by atoms with Crippen LogP contribution in [0.5, 0.6) is 0 Å². The topological polar surface area (TPSA) is 0 Å². The zero-order chi connectivity index (χ0) is 37.1. The Morgan fingerprint density at radius 2 is 1.23 bits per heavy atom. The molecule has 56 heavy (non-hydrogen) atoms. The van der Waals surface area contributed by atoms with E-state index < -0.39 is 0 Å². The van der Waals surface area contributed by atoms with Crippen molar-refractivity contribution in [1.82, 2.24) is 0 Å². The van der Waals surface area contributed by atoms with Crippen LogP contribution in [0.15, 0.2) is 158 Å². The van der Waals surface area contributed by atoms with Crippen LogP contribution in [0.1, 0.15) is 43.4 Å². The molecule has 2 unspecified atom stereocenters. The summed E-state index contributed by atoms with van der Waals surface area (Å²) in [6.07, 6.45) is 23.3. The van der Waals surface area contributed by atoms with Crippen molar-refractivity contribution in [3.8, 4) is 33.4 Å². The largest absolute Gasteiger partial charge is 0.135 e. The van der Waals surface area contributed by atoms with Gasteiger partial charge < -0.3 is 0 Å². The second kappa shape index (κ2) is 12.0. The van der Waals surface area contributed by atoms with Crippen molar-refractivity contribution in [2.45, 2.75) is 32.1 Å². The van der Waals surface area contributed by atoms with Crippen LogP contribution in [0.2, 0.25) is 0 Å². The Kier molecular flexibility index (Phi) is 6.90. The molecule has 0 bridgehead atoms. The fraction of sp³-hybridized carbons (Fsp3) is 0.127. The SMILES string of the molecule is CC1(C)c2ccc(-c3cccc(-c4c5c(c(C6=CC=CC7C=CC=CC67)c6ccccc46)=CCCC=5)c3)cc2-c2c1ccc1cc3c(cc21)sc1ccccc13. The van der Waals surface area contributed by atoms with Crippen LogP contribution in [0.3, 0.4) is 0 Å². The summed E-state index contributed by atoms with van der Waals surface area (Å²) in [6, 6.07) is 44.2. The summed E-state index contributed by atoms with van der Waals surface area (Å²) in [5.74, 6) is 0.753. The highest BCUT2D eigenvalue weighted by atomic mass is 32.1. The van der Waals surface area contributed by atoms with Crippen LogP contribution in [0, 0.1) is 11.8 Å². The van der Waals surface area contributed by atoms with Crippen molar-refractivity contribution in [3.05, 3.63) is 185 Å². The predicted molar refractivity (Wildman–Crippen MR) is 243 cm³/mol. The molecule has 0 radical (unpaired) electrons. The fourth-order valence-electron chi connectivity index (χ4n) is 10.6. The van der Waals surface area contributed by atoms with Gasteiger partial charge in [0.05, 0.1) is 0 Å². The molecule has 4 aliphatic carbocycles. The van der Waals surface area contributed by atoms with Gasteiger partial charge in [-0.2, -0.15) is 0 Å². The monoisotopic (exact) mass is 732 g/mol. The van der Waals surface area contributed by atoms with Gasteiger partial charge in [-0.1, -0.05) is 153 Å². The van der Waals surface area contributed by atoms with E-state index in [0.717, 1.165) is 12.8 Å². The molecule has 1 heterocycles. The molecule has 0 N–H and O–H groups in total. The molecule has 0 saturated heterocycles. The number of benzene rings is 7. The minimum Gasteiger partial charge on any atom is -0.135 e. The molecule has 7 aromatic carbocycles. The third-order valence-electron chi connectivity index (χ3n) is 13.2. The van der Waals surface area contributed by atoms with Gasteiger partial charge in [0.1, 0.15) is 0 Å². The molecule has 12 rings (SSSR count). The molecule has 1 aromatic heterocycles. The number of thiophene rings is 1. The summed E-state index contributed by atoms with van der Waals surface area (Å²) < 4.78 is 2.72. The lowest BCUT2D eigenvalue weighted by Crippen LogP contribution is -2.34. The highest BCUT2D eigenvalue weighted by molar-refractivity contribution is 7.25. The summed E-state index contributed by atoms with van der Waals surface area (Å²) in [4.78, 5) is 0. The van der Waals surface area contributed by atoms with E-state index in [0.29, 0.717) is 11.8 Å². The van der Waals surface area contributed by atoms with Gasteiger partial charge in [0.15, 0.2) is 0 Å². The third kappa shape index (κ3) is 4.58. The highest BCUT2D eigenvalue weighted by Crippen LogP contribution is 2.53. The van der Waals surface area contributed by atoms with E-state index in [1.807, 2.05) is 11.3 Å². The normalized spacial score (nSPS) is 18.7.